The number of hydrogen-bond acceptors (Lipinski definition) is 3. The molecular weight excluding hydrogens is 258 g/mol. The molecule has 2 N–H and O–H groups in total. The maximum atomic E-state index is 6.08. The van der Waals surface area contributed by atoms with Crippen LogP contribution in [0.1, 0.15) is 51.9 Å². The number of rotatable bonds is 6. The minimum absolute atomic E-state index is 0.757. The number of piperazine rings is 1. The Bertz CT molecular complexity index is 308. The third-order valence-corrected chi connectivity index (χ3v) is 6.15. The van der Waals surface area contributed by atoms with Crippen LogP contribution in [0.3, 0.4) is 0 Å². The van der Waals surface area contributed by atoms with Crippen LogP contribution in [0.4, 0.5) is 0 Å². The predicted octanol–water partition coefficient (Wildman–Crippen LogP) is 2.56. The van der Waals surface area contributed by atoms with Gasteiger partial charge in [0, 0.05) is 38.8 Å². The summed E-state index contributed by atoms with van der Waals surface area (Å²) in [6, 6.07) is 0.781. The van der Waals surface area contributed by atoms with E-state index in [1.165, 1.54) is 77.7 Å². The maximum absolute atomic E-state index is 6.08. The first-order valence-electron chi connectivity index (χ1n) is 9.46. The fourth-order valence-electron chi connectivity index (χ4n) is 4.63. The Kier molecular flexibility index (Phi) is 5.58. The molecule has 1 aliphatic heterocycles. The Hall–Kier alpha value is -0.120. The smallest absolute Gasteiger partial charge is 0.0139 e. The molecule has 0 aromatic heterocycles. The molecule has 3 atom stereocenters. The summed E-state index contributed by atoms with van der Waals surface area (Å²) in [6.45, 7) is 9.76. The van der Waals surface area contributed by atoms with E-state index in [2.05, 4.69) is 16.7 Å². The second-order valence-corrected chi connectivity index (χ2v) is 7.81. The van der Waals surface area contributed by atoms with Crippen LogP contribution in [-0.2, 0) is 0 Å². The Morgan fingerprint density at radius 1 is 0.952 bits per heavy atom. The van der Waals surface area contributed by atoms with Gasteiger partial charge in [-0.25, -0.2) is 0 Å². The van der Waals surface area contributed by atoms with Crippen LogP contribution in [0.5, 0.6) is 0 Å². The zero-order valence-electron chi connectivity index (χ0n) is 14.0. The van der Waals surface area contributed by atoms with E-state index in [1.54, 1.807) is 0 Å². The van der Waals surface area contributed by atoms with E-state index >= 15 is 0 Å². The molecule has 3 rings (SSSR count). The van der Waals surface area contributed by atoms with Crippen molar-refractivity contribution in [2.75, 3.05) is 39.3 Å². The van der Waals surface area contributed by atoms with E-state index in [1.807, 2.05) is 0 Å². The Labute approximate surface area is 131 Å². The maximum Gasteiger partial charge on any atom is 0.0139 e. The zero-order valence-corrected chi connectivity index (χ0v) is 14.0. The van der Waals surface area contributed by atoms with Crippen molar-refractivity contribution >= 4 is 0 Å². The van der Waals surface area contributed by atoms with Crippen LogP contribution in [0, 0.1) is 17.8 Å². The van der Waals surface area contributed by atoms with Gasteiger partial charge >= 0.3 is 0 Å². The normalized spacial score (nSPS) is 36.0. The molecular formula is C18H35N3. The lowest BCUT2D eigenvalue weighted by molar-refractivity contribution is 0.0347. The molecule has 3 fully saturated rings. The van der Waals surface area contributed by atoms with Crippen LogP contribution < -0.4 is 5.73 Å². The molecule has 3 unspecified atom stereocenters. The first-order chi connectivity index (χ1) is 10.3. The van der Waals surface area contributed by atoms with Gasteiger partial charge in [-0.15, -0.1) is 0 Å². The number of nitrogens with two attached hydrogens (primary N) is 1. The summed E-state index contributed by atoms with van der Waals surface area (Å²) in [5, 5.41) is 0. The monoisotopic (exact) mass is 293 g/mol. The highest BCUT2D eigenvalue weighted by Gasteiger charge is 2.35. The van der Waals surface area contributed by atoms with E-state index in [-0.39, 0.29) is 0 Å². The van der Waals surface area contributed by atoms with Gasteiger partial charge in [0.15, 0.2) is 0 Å². The molecule has 0 amide bonds. The minimum atomic E-state index is 0.757. The van der Waals surface area contributed by atoms with Crippen molar-refractivity contribution in [2.24, 2.45) is 23.5 Å². The quantitative estimate of drug-likeness (QED) is 0.817. The van der Waals surface area contributed by atoms with Crippen LogP contribution in [0.2, 0.25) is 0 Å². The van der Waals surface area contributed by atoms with Crippen molar-refractivity contribution in [1.82, 2.24) is 9.80 Å². The van der Waals surface area contributed by atoms with E-state index in [0.717, 1.165) is 30.3 Å². The minimum Gasteiger partial charge on any atom is -0.330 e. The highest BCUT2D eigenvalue weighted by Crippen LogP contribution is 2.35. The van der Waals surface area contributed by atoms with Gasteiger partial charge in [-0.05, 0) is 50.0 Å². The van der Waals surface area contributed by atoms with Gasteiger partial charge in [-0.1, -0.05) is 26.2 Å². The van der Waals surface area contributed by atoms with Crippen LogP contribution in [-0.4, -0.2) is 55.1 Å². The van der Waals surface area contributed by atoms with Crippen molar-refractivity contribution in [2.45, 2.75) is 57.9 Å². The summed E-state index contributed by atoms with van der Waals surface area (Å²) in [4.78, 5) is 5.50. The second kappa shape index (κ2) is 7.43. The Morgan fingerprint density at radius 2 is 1.67 bits per heavy atom. The molecule has 21 heavy (non-hydrogen) atoms. The van der Waals surface area contributed by atoms with Crippen LogP contribution >= 0.6 is 0 Å². The molecule has 0 bridgehead atoms. The average Bonchev–Trinajstić information content (AvgIpc) is 3.32. The third kappa shape index (κ3) is 4.20. The number of hydrogen-bond donors (Lipinski definition) is 1. The highest BCUT2D eigenvalue weighted by atomic mass is 15.3. The van der Waals surface area contributed by atoms with E-state index < -0.39 is 0 Å². The summed E-state index contributed by atoms with van der Waals surface area (Å²) in [6.07, 6.45) is 9.95. The topological polar surface area (TPSA) is 32.5 Å². The first kappa shape index (κ1) is 15.8. The van der Waals surface area contributed by atoms with Crippen molar-refractivity contribution in [3.63, 3.8) is 0 Å². The summed E-state index contributed by atoms with van der Waals surface area (Å²) < 4.78 is 0. The van der Waals surface area contributed by atoms with Crippen LogP contribution in [0.15, 0.2) is 0 Å². The lowest BCUT2D eigenvalue weighted by Gasteiger charge is -2.46. The standard InChI is InChI=1S/C18H35N3/c1-2-3-15-6-7-17(13-19)18(12-15)21-10-8-20(9-11-21)14-16-4-5-16/h15-18H,2-14,19H2,1H3. The van der Waals surface area contributed by atoms with Gasteiger partial charge in [0.1, 0.15) is 0 Å². The summed E-state index contributed by atoms with van der Waals surface area (Å²) in [5.74, 6) is 2.76. The van der Waals surface area contributed by atoms with E-state index in [9.17, 15) is 0 Å². The second-order valence-electron chi connectivity index (χ2n) is 7.81. The van der Waals surface area contributed by atoms with Gasteiger partial charge in [0.05, 0.1) is 0 Å². The molecule has 2 saturated carbocycles. The molecule has 2 aliphatic carbocycles. The van der Waals surface area contributed by atoms with Gasteiger partial charge in [-0.3, -0.25) is 4.90 Å². The molecule has 3 aliphatic rings. The van der Waals surface area contributed by atoms with Crippen molar-refractivity contribution in [3.8, 4) is 0 Å². The molecule has 0 spiro atoms. The van der Waals surface area contributed by atoms with Gasteiger partial charge in [0.2, 0.25) is 0 Å². The van der Waals surface area contributed by atoms with Crippen molar-refractivity contribution in [3.05, 3.63) is 0 Å². The SMILES string of the molecule is CCCC1CCC(CN)C(N2CCN(CC3CC3)CC2)C1. The molecule has 122 valence electrons. The van der Waals surface area contributed by atoms with Crippen molar-refractivity contribution < 1.29 is 0 Å². The molecule has 3 nitrogen and oxygen atoms in total. The summed E-state index contributed by atoms with van der Waals surface area (Å²) >= 11 is 0. The summed E-state index contributed by atoms with van der Waals surface area (Å²) in [7, 11) is 0. The van der Waals surface area contributed by atoms with E-state index in [0.29, 0.717) is 0 Å². The molecule has 0 radical (unpaired) electrons. The molecule has 0 aromatic rings. The lowest BCUT2D eigenvalue weighted by atomic mass is 9.76. The Balaban J connectivity index is 1.50. The lowest BCUT2D eigenvalue weighted by Crippen LogP contribution is -2.55. The molecule has 3 heteroatoms. The largest absolute Gasteiger partial charge is 0.330 e. The predicted molar refractivity (Wildman–Crippen MR) is 89.3 cm³/mol. The fraction of sp³-hybridized carbons (Fsp3) is 1.00. The number of nitrogens with zero attached hydrogens (tertiary/aromatic N) is 2. The zero-order chi connectivity index (χ0) is 14.7. The van der Waals surface area contributed by atoms with Crippen molar-refractivity contribution in [1.29, 1.82) is 0 Å². The molecule has 1 saturated heterocycles. The highest BCUT2D eigenvalue weighted by molar-refractivity contribution is 4.90. The van der Waals surface area contributed by atoms with Gasteiger partial charge in [-0.2, -0.15) is 0 Å². The average molecular weight is 293 g/mol. The first-order valence-corrected chi connectivity index (χ1v) is 9.46. The van der Waals surface area contributed by atoms with E-state index in [4.69, 9.17) is 5.73 Å². The van der Waals surface area contributed by atoms with Gasteiger partial charge < -0.3 is 10.6 Å². The summed E-state index contributed by atoms with van der Waals surface area (Å²) in [5.41, 5.74) is 6.08. The Morgan fingerprint density at radius 3 is 2.29 bits per heavy atom. The molecule has 1 heterocycles. The molecule has 0 aromatic carbocycles. The van der Waals surface area contributed by atoms with Gasteiger partial charge in [0.25, 0.3) is 0 Å². The third-order valence-electron chi connectivity index (χ3n) is 6.15. The van der Waals surface area contributed by atoms with Crippen LogP contribution in [0.25, 0.3) is 0 Å². The fourth-order valence-corrected chi connectivity index (χ4v) is 4.63.